The molecule has 0 spiro atoms. The van der Waals surface area contributed by atoms with Crippen molar-refractivity contribution in [2.75, 3.05) is 38.2 Å². The van der Waals surface area contributed by atoms with Crippen LogP contribution < -0.4 is 5.32 Å². The largest absolute Gasteiger partial charge is 0.462 e. The summed E-state index contributed by atoms with van der Waals surface area (Å²) in [6.07, 6.45) is 6.43. The summed E-state index contributed by atoms with van der Waals surface area (Å²) < 4.78 is 10.5. The fourth-order valence-electron chi connectivity index (χ4n) is 2.78. The molecule has 6 nitrogen and oxygen atoms in total. The van der Waals surface area contributed by atoms with Crippen molar-refractivity contribution in [3.8, 4) is 0 Å². The summed E-state index contributed by atoms with van der Waals surface area (Å²) in [4.78, 5) is 26.0. The lowest BCUT2D eigenvalue weighted by atomic mass is 10.1. The summed E-state index contributed by atoms with van der Waals surface area (Å²) >= 11 is 0. The molecule has 0 atom stereocenters. The normalized spacial score (nSPS) is 10.3. The minimum absolute atomic E-state index is 0. The SMILES string of the molecule is CCCCCCCCOC(=O)c1ccc(NC(=O)OCCN(CC)CC)cc1.Cl. The molecule has 0 bridgehead atoms. The summed E-state index contributed by atoms with van der Waals surface area (Å²) in [6.45, 7) is 9.70. The van der Waals surface area contributed by atoms with E-state index in [1.54, 1.807) is 24.3 Å². The quantitative estimate of drug-likeness (QED) is 0.312. The van der Waals surface area contributed by atoms with Crippen LogP contribution in [0, 0.1) is 0 Å². The van der Waals surface area contributed by atoms with Gasteiger partial charge < -0.3 is 14.4 Å². The second kappa shape index (κ2) is 17.1. The first-order valence-electron chi connectivity index (χ1n) is 10.5. The summed E-state index contributed by atoms with van der Waals surface area (Å²) in [5, 5.41) is 2.66. The molecule has 0 saturated carbocycles. The molecule has 1 amide bonds. The highest BCUT2D eigenvalue weighted by atomic mass is 35.5. The van der Waals surface area contributed by atoms with Gasteiger partial charge in [0.15, 0.2) is 0 Å². The zero-order valence-electron chi connectivity index (χ0n) is 18.1. The Morgan fingerprint density at radius 1 is 0.862 bits per heavy atom. The zero-order valence-corrected chi connectivity index (χ0v) is 18.9. The second-order valence-electron chi connectivity index (χ2n) is 6.77. The van der Waals surface area contributed by atoms with E-state index in [0.29, 0.717) is 31.0 Å². The number of likely N-dealkylation sites (N-methyl/N-ethyl adjacent to an activating group) is 1. The number of rotatable bonds is 14. The molecule has 0 unspecified atom stereocenters. The molecule has 0 aliphatic rings. The topological polar surface area (TPSA) is 67.9 Å². The van der Waals surface area contributed by atoms with Crippen LogP contribution in [0.2, 0.25) is 0 Å². The molecule has 0 radical (unpaired) electrons. The number of halogens is 1. The summed E-state index contributed by atoms with van der Waals surface area (Å²) in [7, 11) is 0. The number of carbonyl (C=O) groups is 2. The van der Waals surface area contributed by atoms with Gasteiger partial charge in [-0.2, -0.15) is 0 Å². The Balaban J connectivity index is 0.00000784. The molecule has 7 heteroatoms. The molecule has 166 valence electrons. The molecule has 1 aromatic carbocycles. The van der Waals surface area contributed by atoms with E-state index in [-0.39, 0.29) is 18.4 Å². The monoisotopic (exact) mass is 428 g/mol. The molecule has 0 aliphatic heterocycles. The number of benzene rings is 1. The van der Waals surface area contributed by atoms with Gasteiger partial charge in [-0.05, 0) is 43.8 Å². The molecular formula is C22H37ClN2O4. The third kappa shape index (κ3) is 12.4. The van der Waals surface area contributed by atoms with Crippen LogP contribution in [0.25, 0.3) is 0 Å². The van der Waals surface area contributed by atoms with Crippen molar-refractivity contribution in [1.82, 2.24) is 4.90 Å². The van der Waals surface area contributed by atoms with Gasteiger partial charge in [0, 0.05) is 12.2 Å². The highest BCUT2D eigenvalue weighted by Crippen LogP contribution is 2.12. The number of ether oxygens (including phenoxy) is 2. The minimum atomic E-state index is -0.495. The van der Waals surface area contributed by atoms with Crippen molar-refractivity contribution in [1.29, 1.82) is 0 Å². The van der Waals surface area contributed by atoms with Crippen molar-refractivity contribution in [2.24, 2.45) is 0 Å². The summed E-state index contributed by atoms with van der Waals surface area (Å²) in [5.41, 5.74) is 1.06. The van der Waals surface area contributed by atoms with Crippen LogP contribution in [0.3, 0.4) is 0 Å². The maximum Gasteiger partial charge on any atom is 0.411 e. The van der Waals surface area contributed by atoms with Crippen LogP contribution in [0.5, 0.6) is 0 Å². The molecule has 1 rings (SSSR count). The first-order valence-corrected chi connectivity index (χ1v) is 10.5. The lowest BCUT2D eigenvalue weighted by molar-refractivity contribution is 0.0497. The molecule has 0 fully saturated rings. The average molecular weight is 429 g/mol. The standard InChI is InChI=1S/C22H36N2O4.ClH/c1-4-7-8-9-10-11-17-27-21(25)19-12-14-20(15-13-19)23-22(26)28-18-16-24(5-2)6-3;/h12-15H,4-11,16-18H2,1-3H3,(H,23,26);1H. The minimum Gasteiger partial charge on any atom is -0.462 e. The van der Waals surface area contributed by atoms with Gasteiger partial charge in [0.25, 0.3) is 0 Å². The van der Waals surface area contributed by atoms with Gasteiger partial charge in [-0.1, -0.05) is 52.9 Å². The number of nitrogens with one attached hydrogen (secondary N) is 1. The Labute approximate surface area is 181 Å². The molecule has 29 heavy (non-hydrogen) atoms. The third-order valence-electron chi connectivity index (χ3n) is 4.63. The molecule has 0 saturated heterocycles. The van der Waals surface area contributed by atoms with Crippen molar-refractivity contribution >= 4 is 30.2 Å². The van der Waals surface area contributed by atoms with Gasteiger partial charge in [-0.3, -0.25) is 5.32 Å². The zero-order chi connectivity index (χ0) is 20.6. The number of anilines is 1. The van der Waals surface area contributed by atoms with Crippen LogP contribution >= 0.6 is 12.4 Å². The predicted octanol–water partition coefficient (Wildman–Crippen LogP) is 5.52. The fourth-order valence-corrected chi connectivity index (χ4v) is 2.78. The first kappa shape index (κ1) is 27.2. The molecular weight excluding hydrogens is 392 g/mol. The predicted molar refractivity (Wildman–Crippen MR) is 120 cm³/mol. The maximum atomic E-state index is 12.0. The van der Waals surface area contributed by atoms with Crippen molar-refractivity contribution in [3.05, 3.63) is 29.8 Å². The molecule has 0 aliphatic carbocycles. The van der Waals surface area contributed by atoms with Crippen LogP contribution in [0.1, 0.15) is 69.7 Å². The number of esters is 1. The van der Waals surface area contributed by atoms with Gasteiger partial charge in [-0.25, -0.2) is 9.59 Å². The molecule has 1 N–H and O–H groups in total. The highest BCUT2D eigenvalue weighted by Gasteiger charge is 2.09. The number of amides is 1. The average Bonchev–Trinajstić information content (AvgIpc) is 2.71. The Hall–Kier alpha value is -1.79. The Bertz CT molecular complexity index is 562. The van der Waals surface area contributed by atoms with E-state index < -0.39 is 6.09 Å². The number of hydrogen-bond acceptors (Lipinski definition) is 5. The third-order valence-corrected chi connectivity index (χ3v) is 4.63. The van der Waals surface area contributed by atoms with Gasteiger partial charge in [-0.15, -0.1) is 12.4 Å². The van der Waals surface area contributed by atoms with Crippen LogP contribution in [-0.2, 0) is 9.47 Å². The molecule has 1 aromatic rings. The number of unbranched alkanes of at least 4 members (excludes halogenated alkanes) is 5. The van der Waals surface area contributed by atoms with Gasteiger partial charge in [0.1, 0.15) is 6.61 Å². The van der Waals surface area contributed by atoms with Crippen LogP contribution in [0.15, 0.2) is 24.3 Å². The van der Waals surface area contributed by atoms with E-state index in [2.05, 4.69) is 31.0 Å². The number of nitrogens with zero attached hydrogens (tertiary/aromatic N) is 1. The maximum absolute atomic E-state index is 12.0. The van der Waals surface area contributed by atoms with E-state index in [4.69, 9.17) is 9.47 Å². The van der Waals surface area contributed by atoms with Crippen LogP contribution in [-0.4, -0.2) is 49.8 Å². The van der Waals surface area contributed by atoms with Crippen LogP contribution in [0.4, 0.5) is 10.5 Å². The van der Waals surface area contributed by atoms with E-state index in [9.17, 15) is 9.59 Å². The van der Waals surface area contributed by atoms with Gasteiger partial charge in [0.2, 0.25) is 0 Å². The molecule has 0 aromatic heterocycles. The first-order chi connectivity index (χ1) is 13.6. The van der Waals surface area contributed by atoms with E-state index in [0.717, 1.165) is 25.9 Å². The van der Waals surface area contributed by atoms with E-state index in [1.807, 2.05) is 0 Å². The summed E-state index contributed by atoms with van der Waals surface area (Å²) in [6, 6.07) is 6.64. The van der Waals surface area contributed by atoms with Gasteiger partial charge in [0.05, 0.1) is 12.2 Å². The lowest BCUT2D eigenvalue weighted by Gasteiger charge is -2.17. The lowest BCUT2D eigenvalue weighted by Crippen LogP contribution is -2.28. The van der Waals surface area contributed by atoms with Crippen molar-refractivity contribution < 1.29 is 19.1 Å². The van der Waals surface area contributed by atoms with E-state index >= 15 is 0 Å². The fraction of sp³-hybridized carbons (Fsp3) is 0.636. The van der Waals surface area contributed by atoms with E-state index in [1.165, 1.54) is 25.7 Å². The van der Waals surface area contributed by atoms with Crippen molar-refractivity contribution in [3.63, 3.8) is 0 Å². The highest BCUT2D eigenvalue weighted by molar-refractivity contribution is 5.91. The number of hydrogen-bond donors (Lipinski definition) is 1. The van der Waals surface area contributed by atoms with Gasteiger partial charge >= 0.3 is 12.1 Å². The molecule has 0 heterocycles. The Morgan fingerprint density at radius 3 is 2.10 bits per heavy atom. The Morgan fingerprint density at radius 2 is 1.48 bits per heavy atom. The number of carbonyl (C=O) groups excluding carboxylic acids is 2. The Kier molecular flexibility index (Phi) is 16.0. The smallest absolute Gasteiger partial charge is 0.411 e. The summed E-state index contributed by atoms with van der Waals surface area (Å²) in [5.74, 6) is -0.332. The second-order valence-corrected chi connectivity index (χ2v) is 6.77. The van der Waals surface area contributed by atoms with Crippen molar-refractivity contribution in [2.45, 2.75) is 59.3 Å².